The number of nitrogens with one attached hydrogen (secondary N) is 1. The van der Waals surface area contributed by atoms with E-state index in [1.54, 1.807) is 0 Å². The van der Waals surface area contributed by atoms with Crippen LogP contribution in [-0.2, 0) is 10.2 Å². The van der Waals surface area contributed by atoms with Gasteiger partial charge in [0.05, 0.1) is 0 Å². The molecule has 0 amide bonds. The van der Waals surface area contributed by atoms with Gasteiger partial charge in [0, 0.05) is 11.6 Å². The summed E-state index contributed by atoms with van der Waals surface area (Å²) in [6.07, 6.45) is 5.20. The normalized spacial score (nSPS) is 28.0. The van der Waals surface area contributed by atoms with Crippen LogP contribution in [-0.4, -0.2) is 22.7 Å². The number of rotatable bonds is 5. The van der Waals surface area contributed by atoms with E-state index in [1.165, 1.54) is 12.8 Å². The SMILES string of the molecule is C[C@]12CCC(CC(CC(C(=O)O)(c3ccccc3)c3ccccc3)C1)N2. The second-order valence-electron chi connectivity index (χ2n) is 8.39. The molecule has 2 N–H and O–H groups in total. The zero-order chi connectivity index (χ0) is 18.2. The van der Waals surface area contributed by atoms with Crippen LogP contribution in [0.15, 0.2) is 60.7 Å². The maximum atomic E-state index is 12.7. The monoisotopic (exact) mass is 349 g/mol. The summed E-state index contributed by atoms with van der Waals surface area (Å²) in [5.74, 6) is -0.337. The number of hydrogen-bond donors (Lipinski definition) is 2. The number of benzene rings is 2. The Morgan fingerprint density at radius 1 is 1.12 bits per heavy atom. The van der Waals surface area contributed by atoms with E-state index in [0.717, 1.165) is 24.0 Å². The third kappa shape index (κ3) is 2.95. The first-order valence-electron chi connectivity index (χ1n) is 9.64. The predicted octanol–water partition coefficient (Wildman–Crippen LogP) is 4.37. The van der Waals surface area contributed by atoms with Crippen LogP contribution in [0, 0.1) is 5.92 Å². The van der Waals surface area contributed by atoms with Gasteiger partial charge in [-0.3, -0.25) is 4.79 Å². The molecule has 0 aliphatic carbocycles. The van der Waals surface area contributed by atoms with Crippen LogP contribution in [0.4, 0.5) is 0 Å². The highest BCUT2D eigenvalue weighted by molar-refractivity contribution is 5.86. The third-order valence-electron chi connectivity index (χ3n) is 6.45. The molecule has 2 saturated heterocycles. The minimum absolute atomic E-state index is 0.172. The summed E-state index contributed by atoms with van der Waals surface area (Å²) in [7, 11) is 0. The lowest BCUT2D eigenvalue weighted by atomic mass is 9.66. The largest absolute Gasteiger partial charge is 0.480 e. The van der Waals surface area contributed by atoms with Crippen LogP contribution in [0.3, 0.4) is 0 Å². The summed E-state index contributed by atoms with van der Waals surface area (Å²) >= 11 is 0. The van der Waals surface area contributed by atoms with E-state index >= 15 is 0 Å². The van der Waals surface area contributed by atoms with E-state index in [1.807, 2.05) is 60.7 Å². The van der Waals surface area contributed by atoms with Crippen LogP contribution in [0.1, 0.15) is 50.2 Å². The number of fused-ring (bicyclic) bond motifs is 2. The molecular formula is C23H27NO2. The molecule has 26 heavy (non-hydrogen) atoms. The van der Waals surface area contributed by atoms with E-state index in [4.69, 9.17) is 0 Å². The first-order chi connectivity index (χ1) is 12.5. The van der Waals surface area contributed by atoms with Crippen molar-refractivity contribution in [3.8, 4) is 0 Å². The van der Waals surface area contributed by atoms with Crippen molar-refractivity contribution < 1.29 is 9.90 Å². The maximum Gasteiger partial charge on any atom is 0.318 e. The van der Waals surface area contributed by atoms with Crippen LogP contribution in [0.25, 0.3) is 0 Å². The first-order valence-corrected chi connectivity index (χ1v) is 9.64. The second kappa shape index (κ2) is 6.55. The molecule has 2 heterocycles. The highest BCUT2D eigenvalue weighted by atomic mass is 16.4. The van der Waals surface area contributed by atoms with Crippen LogP contribution < -0.4 is 5.32 Å². The van der Waals surface area contributed by atoms with Gasteiger partial charge in [-0.2, -0.15) is 0 Å². The molecule has 2 unspecified atom stereocenters. The molecule has 2 aliphatic heterocycles. The molecule has 2 bridgehead atoms. The summed E-state index contributed by atoms with van der Waals surface area (Å²) in [5.41, 5.74) is 0.954. The summed E-state index contributed by atoms with van der Waals surface area (Å²) in [5, 5.41) is 14.2. The smallest absolute Gasteiger partial charge is 0.318 e. The van der Waals surface area contributed by atoms with Crippen molar-refractivity contribution in [2.45, 2.75) is 56.0 Å². The van der Waals surface area contributed by atoms with E-state index in [0.29, 0.717) is 18.4 Å². The number of carboxylic acid groups (broad SMARTS) is 1. The van der Waals surface area contributed by atoms with Gasteiger partial charge in [0.15, 0.2) is 0 Å². The van der Waals surface area contributed by atoms with Crippen molar-refractivity contribution in [3.05, 3.63) is 71.8 Å². The van der Waals surface area contributed by atoms with Gasteiger partial charge in [0.25, 0.3) is 0 Å². The fourth-order valence-electron chi connectivity index (χ4n) is 5.36. The highest BCUT2D eigenvalue weighted by Gasteiger charge is 2.48. The number of hydrogen-bond acceptors (Lipinski definition) is 2. The second-order valence-corrected chi connectivity index (χ2v) is 8.39. The molecule has 3 atom stereocenters. The minimum atomic E-state index is -0.986. The summed E-state index contributed by atoms with van der Waals surface area (Å²) < 4.78 is 0. The average molecular weight is 349 g/mol. The Balaban J connectivity index is 1.77. The molecule has 136 valence electrons. The van der Waals surface area contributed by atoms with E-state index in [9.17, 15) is 9.90 Å². The average Bonchev–Trinajstić information content (AvgIpc) is 2.93. The molecule has 0 saturated carbocycles. The van der Waals surface area contributed by atoms with Gasteiger partial charge in [0.2, 0.25) is 0 Å². The summed E-state index contributed by atoms with van der Waals surface area (Å²) in [4.78, 5) is 12.7. The number of piperidine rings is 1. The standard InChI is InChI=1S/C23H27NO2/c1-22-13-12-20(24-22)14-17(15-22)16-23(21(25)26,18-8-4-2-5-9-18)19-10-6-3-7-11-19/h2-11,17,20,24H,12-16H2,1H3,(H,25,26)/t17?,20?,22-/m0/s1. The molecule has 2 fully saturated rings. The van der Waals surface area contributed by atoms with E-state index < -0.39 is 11.4 Å². The van der Waals surface area contributed by atoms with Crippen molar-refractivity contribution in [3.63, 3.8) is 0 Å². The lowest BCUT2D eigenvalue weighted by molar-refractivity contribution is -0.143. The Hall–Kier alpha value is -2.13. The number of carbonyl (C=O) groups is 1. The fourth-order valence-corrected chi connectivity index (χ4v) is 5.36. The molecule has 2 aliphatic rings. The molecule has 3 nitrogen and oxygen atoms in total. The topological polar surface area (TPSA) is 49.3 Å². The Kier molecular flexibility index (Phi) is 4.36. The molecule has 0 radical (unpaired) electrons. The molecule has 4 rings (SSSR count). The lowest BCUT2D eigenvalue weighted by Gasteiger charge is -2.41. The Morgan fingerprint density at radius 3 is 2.19 bits per heavy atom. The zero-order valence-electron chi connectivity index (χ0n) is 15.3. The van der Waals surface area contributed by atoms with Gasteiger partial charge < -0.3 is 10.4 Å². The minimum Gasteiger partial charge on any atom is -0.480 e. The predicted molar refractivity (Wildman–Crippen MR) is 103 cm³/mol. The van der Waals surface area contributed by atoms with E-state index in [2.05, 4.69) is 12.2 Å². The van der Waals surface area contributed by atoms with Gasteiger partial charge in [-0.25, -0.2) is 0 Å². The van der Waals surface area contributed by atoms with Gasteiger partial charge >= 0.3 is 5.97 Å². The lowest BCUT2D eigenvalue weighted by Crippen LogP contribution is -2.49. The maximum absolute atomic E-state index is 12.7. The van der Waals surface area contributed by atoms with E-state index in [-0.39, 0.29) is 5.54 Å². The van der Waals surface area contributed by atoms with Crippen LogP contribution in [0.2, 0.25) is 0 Å². The molecule has 2 aromatic rings. The fraction of sp³-hybridized carbons (Fsp3) is 0.435. The Morgan fingerprint density at radius 2 is 1.69 bits per heavy atom. The summed E-state index contributed by atoms with van der Waals surface area (Å²) in [6, 6.07) is 20.1. The van der Waals surface area contributed by atoms with Gasteiger partial charge in [-0.05, 0) is 56.1 Å². The van der Waals surface area contributed by atoms with Crippen molar-refractivity contribution in [2.75, 3.05) is 0 Å². The third-order valence-corrected chi connectivity index (χ3v) is 6.45. The van der Waals surface area contributed by atoms with Crippen LogP contribution >= 0.6 is 0 Å². The van der Waals surface area contributed by atoms with Gasteiger partial charge in [0.1, 0.15) is 5.41 Å². The first kappa shape index (κ1) is 17.3. The van der Waals surface area contributed by atoms with Crippen molar-refractivity contribution in [1.29, 1.82) is 0 Å². The highest BCUT2D eigenvalue weighted by Crippen LogP contribution is 2.46. The summed E-state index contributed by atoms with van der Waals surface area (Å²) in [6.45, 7) is 2.30. The van der Waals surface area contributed by atoms with Crippen molar-refractivity contribution >= 4 is 5.97 Å². The van der Waals surface area contributed by atoms with Crippen molar-refractivity contribution in [2.24, 2.45) is 5.92 Å². The molecule has 3 heteroatoms. The Labute approximate surface area is 155 Å². The number of carboxylic acids is 1. The number of aliphatic carboxylic acids is 1. The van der Waals surface area contributed by atoms with Gasteiger partial charge in [-0.15, -0.1) is 0 Å². The zero-order valence-corrected chi connectivity index (χ0v) is 15.3. The molecular weight excluding hydrogens is 322 g/mol. The van der Waals surface area contributed by atoms with Crippen molar-refractivity contribution in [1.82, 2.24) is 5.32 Å². The van der Waals surface area contributed by atoms with Crippen LogP contribution in [0.5, 0.6) is 0 Å². The quantitative estimate of drug-likeness (QED) is 0.843. The molecule has 0 aromatic heterocycles. The molecule has 2 aromatic carbocycles. The molecule has 0 spiro atoms. The van der Waals surface area contributed by atoms with Gasteiger partial charge in [-0.1, -0.05) is 60.7 Å². The Bertz CT molecular complexity index is 734.